The molecule has 2 amide bonds. The monoisotopic (exact) mass is 392 g/mol. The third-order valence-electron chi connectivity index (χ3n) is 3.08. The Morgan fingerprint density at radius 1 is 1.00 bits per heavy atom. The van der Waals surface area contributed by atoms with Crippen molar-refractivity contribution in [3.63, 3.8) is 0 Å². The predicted molar refractivity (Wildman–Crippen MR) is 92.9 cm³/mol. The molecule has 0 aliphatic heterocycles. The number of carbonyl (C=O) groups is 2. The second kappa shape index (κ2) is 8.93. The summed E-state index contributed by atoms with van der Waals surface area (Å²) in [5.74, 6) is 0.421. The molecule has 0 bridgehead atoms. The molecule has 7 heteroatoms. The number of ether oxygens (including phenoxy) is 2. The first-order chi connectivity index (χ1) is 11.6. The highest BCUT2D eigenvalue weighted by molar-refractivity contribution is 9.10. The van der Waals surface area contributed by atoms with Gasteiger partial charge in [-0.25, -0.2) is 0 Å². The second-order valence-corrected chi connectivity index (χ2v) is 5.67. The highest BCUT2D eigenvalue weighted by atomic mass is 79.9. The number of para-hydroxylation sites is 2. The summed E-state index contributed by atoms with van der Waals surface area (Å²) in [4.78, 5) is 23.6. The third kappa shape index (κ3) is 5.27. The van der Waals surface area contributed by atoms with Crippen LogP contribution in [-0.4, -0.2) is 25.5 Å². The van der Waals surface area contributed by atoms with Gasteiger partial charge < -0.3 is 9.47 Å². The van der Waals surface area contributed by atoms with Crippen LogP contribution >= 0.6 is 15.9 Å². The van der Waals surface area contributed by atoms with Gasteiger partial charge in [0, 0.05) is 10.0 Å². The van der Waals surface area contributed by atoms with E-state index >= 15 is 0 Å². The molecule has 0 saturated carbocycles. The molecule has 24 heavy (non-hydrogen) atoms. The van der Waals surface area contributed by atoms with Gasteiger partial charge in [0.15, 0.2) is 11.5 Å². The average Bonchev–Trinajstić information content (AvgIpc) is 2.60. The van der Waals surface area contributed by atoms with E-state index in [9.17, 15) is 9.59 Å². The Balaban J connectivity index is 1.73. The van der Waals surface area contributed by atoms with Crippen molar-refractivity contribution in [3.8, 4) is 11.5 Å². The molecule has 0 aromatic heterocycles. The zero-order valence-electron chi connectivity index (χ0n) is 13.0. The van der Waals surface area contributed by atoms with Gasteiger partial charge >= 0.3 is 0 Å². The van der Waals surface area contributed by atoms with E-state index in [4.69, 9.17) is 9.47 Å². The third-order valence-corrected chi connectivity index (χ3v) is 3.61. The highest BCUT2D eigenvalue weighted by Gasteiger charge is 2.08. The second-order valence-electron chi connectivity index (χ2n) is 4.76. The van der Waals surface area contributed by atoms with Crippen LogP contribution in [0.2, 0.25) is 0 Å². The van der Waals surface area contributed by atoms with Gasteiger partial charge in [0.25, 0.3) is 5.91 Å². The van der Waals surface area contributed by atoms with E-state index in [1.807, 2.05) is 12.1 Å². The number of carbonyl (C=O) groups excluding carboxylic acids is 2. The zero-order valence-corrected chi connectivity index (χ0v) is 14.6. The van der Waals surface area contributed by atoms with Gasteiger partial charge in [-0.15, -0.1) is 0 Å². The van der Waals surface area contributed by atoms with Crippen LogP contribution < -0.4 is 20.3 Å². The predicted octanol–water partition coefficient (Wildman–Crippen LogP) is 2.69. The molecule has 0 aliphatic carbocycles. The lowest BCUT2D eigenvalue weighted by molar-refractivity contribution is -0.122. The number of halogens is 1. The van der Waals surface area contributed by atoms with Crippen LogP contribution in [0.3, 0.4) is 0 Å². The number of benzene rings is 2. The van der Waals surface area contributed by atoms with Crippen molar-refractivity contribution in [3.05, 3.63) is 58.6 Å². The summed E-state index contributed by atoms with van der Waals surface area (Å²) in [5, 5.41) is 0. The molecule has 0 fully saturated rings. The molecular formula is C17H17BrN2O4. The largest absolute Gasteiger partial charge is 0.493 e. The molecule has 0 atom stereocenters. The Kier molecular flexibility index (Phi) is 6.62. The molecule has 2 aromatic carbocycles. The van der Waals surface area contributed by atoms with Gasteiger partial charge in [0.1, 0.15) is 0 Å². The number of nitrogens with one attached hydrogen (secondary N) is 2. The Hall–Kier alpha value is -2.54. The van der Waals surface area contributed by atoms with Crippen LogP contribution in [0.25, 0.3) is 0 Å². The number of amides is 2. The SMILES string of the molecule is COc1ccccc1OCCC(=O)NNC(=O)c1ccc(Br)cc1. The van der Waals surface area contributed by atoms with Crippen molar-refractivity contribution in [1.29, 1.82) is 0 Å². The maximum atomic E-state index is 11.9. The summed E-state index contributed by atoms with van der Waals surface area (Å²) in [6.07, 6.45) is 0.0959. The van der Waals surface area contributed by atoms with Crippen LogP contribution in [0, 0.1) is 0 Å². The summed E-state index contributed by atoms with van der Waals surface area (Å²) >= 11 is 3.29. The first-order valence-electron chi connectivity index (χ1n) is 7.20. The van der Waals surface area contributed by atoms with Crippen LogP contribution in [-0.2, 0) is 4.79 Å². The minimum Gasteiger partial charge on any atom is -0.493 e. The van der Waals surface area contributed by atoms with E-state index in [1.165, 1.54) is 0 Å². The smallest absolute Gasteiger partial charge is 0.269 e. The number of methoxy groups -OCH3 is 1. The lowest BCUT2D eigenvalue weighted by Gasteiger charge is -2.11. The molecule has 0 radical (unpaired) electrons. The van der Waals surface area contributed by atoms with Crippen molar-refractivity contribution < 1.29 is 19.1 Å². The Bertz CT molecular complexity index is 704. The minimum absolute atomic E-state index is 0.0959. The van der Waals surface area contributed by atoms with E-state index in [1.54, 1.807) is 43.5 Å². The molecule has 0 heterocycles. The number of rotatable bonds is 6. The van der Waals surface area contributed by atoms with Crippen LogP contribution in [0.4, 0.5) is 0 Å². The molecule has 2 rings (SSSR count). The average molecular weight is 393 g/mol. The molecule has 6 nitrogen and oxygen atoms in total. The standard InChI is InChI=1S/C17H17BrN2O4/c1-23-14-4-2-3-5-15(14)24-11-10-16(21)19-20-17(22)12-6-8-13(18)9-7-12/h2-9H,10-11H2,1H3,(H,19,21)(H,20,22). The van der Waals surface area contributed by atoms with E-state index in [0.717, 1.165) is 4.47 Å². The highest BCUT2D eigenvalue weighted by Crippen LogP contribution is 2.25. The lowest BCUT2D eigenvalue weighted by atomic mass is 10.2. The quantitative estimate of drug-likeness (QED) is 0.740. The first-order valence-corrected chi connectivity index (χ1v) is 8.00. The maximum Gasteiger partial charge on any atom is 0.269 e. The first kappa shape index (κ1) is 17.8. The van der Waals surface area contributed by atoms with Crippen LogP contribution in [0.1, 0.15) is 16.8 Å². The van der Waals surface area contributed by atoms with Crippen molar-refractivity contribution in [2.24, 2.45) is 0 Å². The molecule has 126 valence electrons. The zero-order chi connectivity index (χ0) is 17.4. The van der Waals surface area contributed by atoms with Crippen molar-refractivity contribution in [2.75, 3.05) is 13.7 Å². The molecule has 0 unspecified atom stereocenters. The van der Waals surface area contributed by atoms with Crippen molar-refractivity contribution in [1.82, 2.24) is 10.9 Å². The van der Waals surface area contributed by atoms with Gasteiger partial charge in [-0.2, -0.15) is 0 Å². The Labute approximate surface area is 148 Å². The normalized spacial score (nSPS) is 9.92. The molecule has 2 aromatic rings. The Morgan fingerprint density at radius 3 is 2.33 bits per heavy atom. The molecule has 0 aliphatic rings. The van der Waals surface area contributed by atoms with E-state index in [0.29, 0.717) is 17.1 Å². The van der Waals surface area contributed by atoms with E-state index in [-0.39, 0.29) is 24.8 Å². The fourth-order valence-corrected chi connectivity index (χ4v) is 2.12. The summed E-state index contributed by atoms with van der Waals surface area (Å²) in [6.45, 7) is 0.167. The van der Waals surface area contributed by atoms with Crippen molar-refractivity contribution >= 4 is 27.7 Å². The van der Waals surface area contributed by atoms with E-state index < -0.39 is 0 Å². The number of hydrogen-bond acceptors (Lipinski definition) is 4. The van der Waals surface area contributed by atoms with E-state index in [2.05, 4.69) is 26.8 Å². The fraction of sp³-hybridized carbons (Fsp3) is 0.176. The molecule has 0 saturated heterocycles. The van der Waals surface area contributed by atoms with Gasteiger partial charge in [0.2, 0.25) is 5.91 Å². The molecular weight excluding hydrogens is 376 g/mol. The Morgan fingerprint density at radius 2 is 1.67 bits per heavy atom. The molecule has 0 spiro atoms. The minimum atomic E-state index is -0.388. The van der Waals surface area contributed by atoms with Crippen LogP contribution in [0.5, 0.6) is 11.5 Å². The van der Waals surface area contributed by atoms with Gasteiger partial charge in [0.05, 0.1) is 20.1 Å². The van der Waals surface area contributed by atoms with Gasteiger partial charge in [-0.3, -0.25) is 20.4 Å². The summed E-state index contributed by atoms with van der Waals surface area (Å²) in [6, 6.07) is 14.0. The summed E-state index contributed by atoms with van der Waals surface area (Å²) < 4.78 is 11.5. The topological polar surface area (TPSA) is 76.7 Å². The van der Waals surface area contributed by atoms with Crippen molar-refractivity contribution in [2.45, 2.75) is 6.42 Å². The fourth-order valence-electron chi connectivity index (χ4n) is 1.85. The van der Waals surface area contributed by atoms with Gasteiger partial charge in [-0.1, -0.05) is 28.1 Å². The number of hydrogen-bond donors (Lipinski definition) is 2. The summed E-state index contributed by atoms with van der Waals surface area (Å²) in [5.41, 5.74) is 5.15. The van der Waals surface area contributed by atoms with Gasteiger partial charge in [-0.05, 0) is 36.4 Å². The maximum absolute atomic E-state index is 11.9. The number of hydrazine groups is 1. The summed E-state index contributed by atoms with van der Waals surface area (Å²) in [7, 11) is 1.55. The van der Waals surface area contributed by atoms with Crippen LogP contribution in [0.15, 0.2) is 53.0 Å². The lowest BCUT2D eigenvalue weighted by Crippen LogP contribution is -2.42. The molecule has 2 N–H and O–H groups in total.